The lowest BCUT2D eigenvalue weighted by atomic mass is 9.88. The van der Waals surface area contributed by atoms with E-state index in [0.29, 0.717) is 11.3 Å². The molecule has 2 aliphatic carbocycles. The summed E-state index contributed by atoms with van der Waals surface area (Å²) >= 11 is 0. The number of esters is 1. The lowest BCUT2D eigenvalue weighted by molar-refractivity contribution is -0.164. The van der Waals surface area contributed by atoms with Crippen LogP contribution in [0.3, 0.4) is 0 Å². The third kappa shape index (κ3) is 1.49. The summed E-state index contributed by atoms with van der Waals surface area (Å²) in [5.74, 6) is 0.456. The summed E-state index contributed by atoms with van der Waals surface area (Å²) in [7, 11) is 0. The first-order valence-corrected chi connectivity index (χ1v) is 5.97. The molecule has 0 aromatic heterocycles. The first-order chi connectivity index (χ1) is 6.74. The van der Waals surface area contributed by atoms with Crippen molar-refractivity contribution in [1.29, 1.82) is 0 Å². The van der Waals surface area contributed by atoms with E-state index in [1.807, 2.05) is 20.8 Å². The van der Waals surface area contributed by atoms with Crippen LogP contribution in [0.5, 0.6) is 0 Å². The maximum Gasteiger partial charge on any atom is 0.313 e. The van der Waals surface area contributed by atoms with Gasteiger partial charge in [0.15, 0.2) is 0 Å². The predicted molar refractivity (Wildman–Crippen MR) is 59.4 cm³/mol. The third-order valence-corrected chi connectivity index (χ3v) is 4.04. The Morgan fingerprint density at radius 2 is 1.80 bits per heavy atom. The highest BCUT2D eigenvalue weighted by molar-refractivity contribution is 5.83. The van der Waals surface area contributed by atoms with Gasteiger partial charge in [-0.05, 0) is 51.4 Å². The van der Waals surface area contributed by atoms with Gasteiger partial charge in [0.25, 0.3) is 0 Å². The number of carbonyl (C=O) groups is 1. The smallest absolute Gasteiger partial charge is 0.313 e. The van der Waals surface area contributed by atoms with Crippen LogP contribution in [0.1, 0.15) is 53.9 Å². The molecule has 1 atom stereocenters. The molecule has 2 heteroatoms. The van der Waals surface area contributed by atoms with Gasteiger partial charge in [-0.25, -0.2) is 0 Å². The minimum atomic E-state index is -0.350. The van der Waals surface area contributed by atoms with Gasteiger partial charge in [-0.15, -0.1) is 0 Å². The van der Waals surface area contributed by atoms with Gasteiger partial charge in [0.05, 0.1) is 5.41 Å². The normalized spacial score (nSPS) is 31.9. The van der Waals surface area contributed by atoms with E-state index in [1.165, 1.54) is 12.8 Å². The molecule has 2 rings (SSSR count). The second-order valence-corrected chi connectivity index (χ2v) is 6.59. The second kappa shape index (κ2) is 2.78. The van der Waals surface area contributed by atoms with Crippen molar-refractivity contribution in [3.8, 4) is 0 Å². The van der Waals surface area contributed by atoms with Crippen molar-refractivity contribution in [2.45, 2.75) is 59.5 Å². The number of carbonyl (C=O) groups excluding carboxylic acids is 1. The van der Waals surface area contributed by atoms with Gasteiger partial charge in [-0.3, -0.25) is 4.79 Å². The van der Waals surface area contributed by atoms with Gasteiger partial charge in [-0.2, -0.15) is 0 Å². The quantitative estimate of drug-likeness (QED) is 0.654. The summed E-state index contributed by atoms with van der Waals surface area (Å²) in [4.78, 5) is 12.2. The van der Waals surface area contributed by atoms with E-state index in [2.05, 4.69) is 13.8 Å². The molecule has 15 heavy (non-hydrogen) atoms. The first kappa shape index (κ1) is 11.0. The standard InChI is InChI=1S/C13H22O2/c1-9(2)13(8-12(13)6-7-12)10(14)15-11(3,4)5/h9H,6-8H2,1-5H3. The third-order valence-electron chi connectivity index (χ3n) is 4.04. The van der Waals surface area contributed by atoms with Crippen LogP contribution in [0.15, 0.2) is 0 Å². The van der Waals surface area contributed by atoms with Crippen LogP contribution >= 0.6 is 0 Å². The van der Waals surface area contributed by atoms with E-state index in [-0.39, 0.29) is 17.0 Å². The fraction of sp³-hybridized carbons (Fsp3) is 0.923. The highest BCUT2D eigenvalue weighted by atomic mass is 16.6. The predicted octanol–water partition coefficient (Wildman–Crippen LogP) is 3.15. The molecular weight excluding hydrogens is 188 g/mol. The molecule has 2 nitrogen and oxygen atoms in total. The Morgan fingerprint density at radius 1 is 1.27 bits per heavy atom. The van der Waals surface area contributed by atoms with Gasteiger partial charge in [-0.1, -0.05) is 13.8 Å². The van der Waals surface area contributed by atoms with Crippen LogP contribution in [0.2, 0.25) is 0 Å². The maximum absolute atomic E-state index is 12.2. The summed E-state index contributed by atoms with van der Waals surface area (Å²) in [5, 5.41) is 0. The highest BCUT2D eigenvalue weighted by Crippen LogP contribution is 2.81. The largest absolute Gasteiger partial charge is 0.460 e. The molecule has 0 N–H and O–H groups in total. The molecule has 2 aliphatic rings. The van der Waals surface area contributed by atoms with Crippen LogP contribution in [-0.4, -0.2) is 11.6 Å². The summed E-state index contributed by atoms with van der Waals surface area (Å²) in [6, 6.07) is 0. The molecule has 1 unspecified atom stereocenters. The summed E-state index contributed by atoms with van der Waals surface area (Å²) in [5.41, 5.74) is -0.137. The van der Waals surface area contributed by atoms with Crippen LogP contribution in [-0.2, 0) is 9.53 Å². The minimum Gasteiger partial charge on any atom is -0.460 e. The molecule has 0 aromatic carbocycles. The van der Waals surface area contributed by atoms with E-state index < -0.39 is 0 Å². The summed E-state index contributed by atoms with van der Waals surface area (Å²) in [6.07, 6.45) is 3.52. The Labute approximate surface area is 92.4 Å². The lowest BCUT2D eigenvalue weighted by Crippen LogP contribution is -2.33. The molecule has 0 aliphatic heterocycles. The molecule has 2 saturated carbocycles. The Bertz CT molecular complexity index is 294. The molecule has 0 heterocycles. The van der Waals surface area contributed by atoms with E-state index >= 15 is 0 Å². The Hall–Kier alpha value is -0.530. The topological polar surface area (TPSA) is 26.3 Å². The van der Waals surface area contributed by atoms with E-state index in [9.17, 15) is 4.79 Å². The van der Waals surface area contributed by atoms with Crippen molar-refractivity contribution in [3.05, 3.63) is 0 Å². The zero-order valence-electron chi connectivity index (χ0n) is 10.5. The molecular formula is C13H22O2. The van der Waals surface area contributed by atoms with E-state index in [0.717, 1.165) is 6.42 Å². The van der Waals surface area contributed by atoms with Crippen LogP contribution in [0.25, 0.3) is 0 Å². The fourth-order valence-corrected chi connectivity index (χ4v) is 2.97. The Balaban J connectivity index is 2.12. The van der Waals surface area contributed by atoms with E-state index in [4.69, 9.17) is 4.74 Å². The molecule has 0 saturated heterocycles. The maximum atomic E-state index is 12.2. The molecule has 1 spiro atoms. The lowest BCUT2D eigenvalue weighted by Gasteiger charge is -2.26. The SMILES string of the molecule is CC(C)C1(C(=O)OC(C)(C)C)CC12CC2. The molecule has 0 amide bonds. The summed E-state index contributed by atoms with van der Waals surface area (Å²) in [6.45, 7) is 10.1. The zero-order chi connectivity index (χ0) is 11.5. The van der Waals surface area contributed by atoms with Crippen LogP contribution in [0, 0.1) is 16.7 Å². The average molecular weight is 210 g/mol. The molecule has 2 fully saturated rings. The van der Waals surface area contributed by atoms with Crippen molar-refractivity contribution in [2.24, 2.45) is 16.7 Å². The molecule has 86 valence electrons. The van der Waals surface area contributed by atoms with Gasteiger partial charge < -0.3 is 4.74 Å². The summed E-state index contributed by atoms with van der Waals surface area (Å²) < 4.78 is 5.56. The van der Waals surface area contributed by atoms with Gasteiger partial charge >= 0.3 is 5.97 Å². The molecule has 0 aromatic rings. The second-order valence-electron chi connectivity index (χ2n) is 6.59. The van der Waals surface area contributed by atoms with Crippen molar-refractivity contribution >= 4 is 5.97 Å². The Kier molecular flexibility index (Phi) is 2.03. The van der Waals surface area contributed by atoms with Crippen LogP contribution < -0.4 is 0 Å². The van der Waals surface area contributed by atoms with Gasteiger partial charge in [0.1, 0.15) is 5.60 Å². The van der Waals surface area contributed by atoms with Crippen molar-refractivity contribution in [2.75, 3.05) is 0 Å². The molecule has 0 bridgehead atoms. The number of rotatable bonds is 2. The van der Waals surface area contributed by atoms with Crippen molar-refractivity contribution in [1.82, 2.24) is 0 Å². The van der Waals surface area contributed by atoms with Crippen LogP contribution in [0.4, 0.5) is 0 Å². The molecule has 0 radical (unpaired) electrons. The first-order valence-electron chi connectivity index (χ1n) is 5.97. The Morgan fingerprint density at radius 3 is 2.07 bits per heavy atom. The number of hydrogen-bond acceptors (Lipinski definition) is 2. The van der Waals surface area contributed by atoms with Crippen molar-refractivity contribution in [3.63, 3.8) is 0 Å². The zero-order valence-corrected chi connectivity index (χ0v) is 10.5. The highest BCUT2D eigenvalue weighted by Gasteiger charge is 2.79. The minimum absolute atomic E-state index is 0.0440. The average Bonchev–Trinajstić information content (AvgIpc) is 2.88. The monoisotopic (exact) mass is 210 g/mol. The van der Waals surface area contributed by atoms with Gasteiger partial charge in [0, 0.05) is 0 Å². The van der Waals surface area contributed by atoms with E-state index in [1.54, 1.807) is 0 Å². The van der Waals surface area contributed by atoms with Gasteiger partial charge in [0.2, 0.25) is 0 Å². The number of ether oxygens (including phenoxy) is 1. The van der Waals surface area contributed by atoms with Crippen molar-refractivity contribution < 1.29 is 9.53 Å². The fourth-order valence-electron chi connectivity index (χ4n) is 2.97. The number of hydrogen-bond donors (Lipinski definition) is 0.